The topological polar surface area (TPSA) is 47.0 Å². The molecule has 0 fully saturated rings. The Morgan fingerprint density at radius 3 is 2.59 bits per heavy atom. The summed E-state index contributed by atoms with van der Waals surface area (Å²) in [6.07, 6.45) is 0.963. The molecule has 0 aliphatic carbocycles. The fraction of sp³-hybridized carbons (Fsp3) is 0.385. The number of aryl methyl sites for hydroxylation is 1. The van der Waals surface area contributed by atoms with E-state index in [2.05, 4.69) is 15.3 Å². The van der Waals surface area contributed by atoms with Gasteiger partial charge in [-0.25, -0.2) is 9.97 Å². The second-order valence-corrected chi connectivity index (χ2v) is 3.92. The largest absolute Gasteiger partial charge is 0.385 e. The highest BCUT2D eigenvalue weighted by molar-refractivity contribution is 5.76. The summed E-state index contributed by atoms with van der Waals surface area (Å²) in [7, 11) is 1.71. The van der Waals surface area contributed by atoms with Gasteiger partial charge in [0, 0.05) is 20.3 Å². The molecule has 0 radical (unpaired) electrons. The Balaban J connectivity index is 2.14. The van der Waals surface area contributed by atoms with E-state index in [0.29, 0.717) is 0 Å². The Morgan fingerprint density at radius 1 is 1.18 bits per heavy atom. The van der Waals surface area contributed by atoms with Crippen LogP contribution in [0.15, 0.2) is 24.3 Å². The van der Waals surface area contributed by atoms with Gasteiger partial charge in [0.25, 0.3) is 0 Å². The lowest BCUT2D eigenvalue weighted by atomic mass is 10.3. The van der Waals surface area contributed by atoms with E-state index in [0.717, 1.165) is 42.1 Å². The molecule has 1 aromatic heterocycles. The Labute approximate surface area is 101 Å². The van der Waals surface area contributed by atoms with Crippen molar-refractivity contribution in [1.29, 1.82) is 0 Å². The van der Waals surface area contributed by atoms with Crippen LogP contribution in [0.4, 0.5) is 5.82 Å². The van der Waals surface area contributed by atoms with Crippen molar-refractivity contribution < 1.29 is 4.74 Å². The summed E-state index contributed by atoms with van der Waals surface area (Å²) >= 11 is 0. The van der Waals surface area contributed by atoms with E-state index in [1.54, 1.807) is 7.11 Å². The molecular formula is C13H17N3O. The van der Waals surface area contributed by atoms with Crippen LogP contribution in [-0.2, 0) is 4.74 Å². The lowest BCUT2D eigenvalue weighted by Gasteiger charge is -2.08. The van der Waals surface area contributed by atoms with Crippen LogP contribution in [0.3, 0.4) is 0 Å². The number of nitrogens with one attached hydrogen (secondary N) is 1. The van der Waals surface area contributed by atoms with Gasteiger partial charge in [-0.05, 0) is 25.5 Å². The third-order valence-corrected chi connectivity index (χ3v) is 2.56. The van der Waals surface area contributed by atoms with Crippen LogP contribution in [0.1, 0.15) is 12.1 Å². The van der Waals surface area contributed by atoms with Crippen molar-refractivity contribution in [2.75, 3.05) is 25.6 Å². The highest BCUT2D eigenvalue weighted by Gasteiger charge is 2.03. The van der Waals surface area contributed by atoms with Gasteiger partial charge in [-0.1, -0.05) is 12.1 Å². The van der Waals surface area contributed by atoms with Crippen molar-refractivity contribution in [3.05, 3.63) is 30.0 Å². The summed E-state index contributed by atoms with van der Waals surface area (Å²) in [5.74, 6) is 0.861. The van der Waals surface area contributed by atoms with E-state index in [-0.39, 0.29) is 0 Å². The number of para-hydroxylation sites is 2. The van der Waals surface area contributed by atoms with Crippen molar-refractivity contribution in [2.45, 2.75) is 13.3 Å². The fourth-order valence-corrected chi connectivity index (χ4v) is 1.68. The standard InChI is InChI=1S/C13H17N3O/c1-10-13(14-8-5-9-17-2)16-12-7-4-3-6-11(12)15-10/h3-4,6-7H,5,8-9H2,1-2H3,(H,14,16). The first-order valence-electron chi connectivity index (χ1n) is 5.77. The quantitative estimate of drug-likeness (QED) is 0.803. The second kappa shape index (κ2) is 5.59. The zero-order chi connectivity index (χ0) is 12.1. The first-order valence-corrected chi connectivity index (χ1v) is 5.77. The van der Waals surface area contributed by atoms with Crippen LogP contribution in [0.5, 0.6) is 0 Å². The lowest BCUT2D eigenvalue weighted by Crippen LogP contribution is -2.08. The lowest BCUT2D eigenvalue weighted by molar-refractivity contribution is 0.197. The van der Waals surface area contributed by atoms with Crippen LogP contribution in [-0.4, -0.2) is 30.2 Å². The highest BCUT2D eigenvalue weighted by Crippen LogP contribution is 2.15. The minimum absolute atomic E-state index is 0.757. The molecule has 0 unspecified atom stereocenters. The van der Waals surface area contributed by atoms with Crippen LogP contribution in [0, 0.1) is 6.92 Å². The van der Waals surface area contributed by atoms with E-state index >= 15 is 0 Å². The van der Waals surface area contributed by atoms with Crippen molar-refractivity contribution >= 4 is 16.9 Å². The monoisotopic (exact) mass is 231 g/mol. The maximum absolute atomic E-state index is 5.00. The summed E-state index contributed by atoms with van der Waals surface area (Å²) in [6, 6.07) is 7.90. The van der Waals surface area contributed by atoms with Gasteiger partial charge in [0.15, 0.2) is 0 Å². The van der Waals surface area contributed by atoms with E-state index in [1.165, 1.54) is 0 Å². The number of rotatable bonds is 5. The van der Waals surface area contributed by atoms with Crippen molar-refractivity contribution in [3.8, 4) is 0 Å². The van der Waals surface area contributed by atoms with Crippen LogP contribution < -0.4 is 5.32 Å². The molecule has 0 amide bonds. The number of benzene rings is 1. The van der Waals surface area contributed by atoms with Crippen molar-refractivity contribution in [3.63, 3.8) is 0 Å². The van der Waals surface area contributed by atoms with Gasteiger partial charge in [0.2, 0.25) is 0 Å². The average molecular weight is 231 g/mol. The van der Waals surface area contributed by atoms with Gasteiger partial charge in [-0.3, -0.25) is 0 Å². The summed E-state index contributed by atoms with van der Waals surface area (Å²) in [5.41, 5.74) is 2.79. The number of methoxy groups -OCH3 is 1. The van der Waals surface area contributed by atoms with Crippen molar-refractivity contribution in [1.82, 2.24) is 9.97 Å². The molecular weight excluding hydrogens is 214 g/mol. The predicted octanol–water partition coefficient (Wildman–Crippen LogP) is 2.39. The molecule has 0 saturated carbocycles. The van der Waals surface area contributed by atoms with Crippen molar-refractivity contribution in [2.24, 2.45) is 0 Å². The molecule has 2 rings (SSSR count). The summed E-state index contributed by atoms with van der Waals surface area (Å²) in [4.78, 5) is 9.08. The maximum atomic E-state index is 5.00. The molecule has 1 N–H and O–H groups in total. The molecule has 4 heteroatoms. The average Bonchev–Trinajstić information content (AvgIpc) is 2.35. The first-order chi connectivity index (χ1) is 8.31. The molecule has 17 heavy (non-hydrogen) atoms. The van der Waals surface area contributed by atoms with Gasteiger partial charge >= 0.3 is 0 Å². The minimum atomic E-state index is 0.757. The molecule has 4 nitrogen and oxygen atoms in total. The van der Waals surface area contributed by atoms with Gasteiger partial charge in [0.05, 0.1) is 16.7 Å². The van der Waals surface area contributed by atoms with Gasteiger partial charge in [-0.15, -0.1) is 0 Å². The van der Waals surface area contributed by atoms with E-state index in [9.17, 15) is 0 Å². The Morgan fingerprint density at radius 2 is 1.88 bits per heavy atom. The third kappa shape index (κ3) is 2.91. The molecule has 1 heterocycles. The Bertz CT molecular complexity index is 499. The second-order valence-electron chi connectivity index (χ2n) is 3.92. The third-order valence-electron chi connectivity index (χ3n) is 2.56. The molecule has 0 atom stereocenters. The number of ether oxygens (including phenoxy) is 1. The Hall–Kier alpha value is -1.68. The highest BCUT2D eigenvalue weighted by atomic mass is 16.5. The predicted molar refractivity (Wildman–Crippen MR) is 69.3 cm³/mol. The smallest absolute Gasteiger partial charge is 0.148 e. The zero-order valence-corrected chi connectivity index (χ0v) is 10.2. The minimum Gasteiger partial charge on any atom is -0.385 e. The van der Waals surface area contributed by atoms with E-state index in [4.69, 9.17) is 4.74 Å². The number of fused-ring (bicyclic) bond motifs is 1. The summed E-state index contributed by atoms with van der Waals surface area (Å²) in [5, 5.41) is 3.29. The maximum Gasteiger partial charge on any atom is 0.148 e. The normalized spacial score (nSPS) is 10.7. The molecule has 2 aromatic rings. The number of aromatic nitrogens is 2. The van der Waals surface area contributed by atoms with E-state index in [1.807, 2.05) is 31.2 Å². The number of hydrogen-bond acceptors (Lipinski definition) is 4. The molecule has 0 spiro atoms. The molecule has 1 aromatic carbocycles. The first kappa shape index (κ1) is 11.8. The number of nitrogens with zero attached hydrogens (tertiary/aromatic N) is 2. The molecule has 0 saturated heterocycles. The van der Waals surface area contributed by atoms with E-state index < -0.39 is 0 Å². The van der Waals surface area contributed by atoms with Gasteiger partial charge in [-0.2, -0.15) is 0 Å². The zero-order valence-electron chi connectivity index (χ0n) is 10.2. The summed E-state index contributed by atoms with van der Waals surface area (Å²) in [6.45, 7) is 3.58. The molecule has 0 aliphatic heterocycles. The number of hydrogen-bond donors (Lipinski definition) is 1. The number of anilines is 1. The molecule has 90 valence electrons. The fourth-order valence-electron chi connectivity index (χ4n) is 1.68. The van der Waals surface area contributed by atoms with Crippen LogP contribution >= 0.6 is 0 Å². The van der Waals surface area contributed by atoms with Gasteiger partial charge < -0.3 is 10.1 Å². The molecule has 0 bridgehead atoms. The summed E-state index contributed by atoms with van der Waals surface area (Å²) < 4.78 is 5.00. The Kier molecular flexibility index (Phi) is 3.88. The van der Waals surface area contributed by atoms with Gasteiger partial charge in [0.1, 0.15) is 5.82 Å². The van der Waals surface area contributed by atoms with Crippen LogP contribution in [0.25, 0.3) is 11.0 Å². The SMILES string of the molecule is COCCCNc1nc2ccccc2nc1C. The molecule has 0 aliphatic rings. The van der Waals surface area contributed by atoms with Crippen LogP contribution in [0.2, 0.25) is 0 Å².